The maximum absolute atomic E-state index is 9.83. The summed E-state index contributed by atoms with van der Waals surface area (Å²) in [5, 5.41) is 19.7. The first-order valence-electron chi connectivity index (χ1n) is 12.8. The summed E-state index contributed by atoms with van der Waals surface area (Å²) in [6, 6.07) is 37.2. The molecule has 0 atom stereocenters. The quantitative estimate of drug-likeness (QED) is 0.233. The third-order valence-corrected chi connectivity index (χ3v) is 7.30. The van der Waals surface area contributed by atoms with Gasteiger partial charge in [0.2, 0.25) is 0 Å². The van der Waals surface area contributed by atoms with Crippen molar-refractivity contribution in [3.8, 4) is 11.5 Å². The molecule has 0 radical (unpaired) electrons. The molecule has 180 valence electrons. The third kappa shape index (κ3) is 5.95. The van der Waals surface area contributed by atoms with Gasteiger partial charge in [0.1, 0.15) is 11.5 Å². The highest BCUT2D eigenvalue weighted by molar-refractivity contribution is 5.40. The second-order valence-electron chi connectivity index (χ2n) is 9.55. The van der Waals surface area contributed by atoms with Crippen molar-refractivity contribution in [2.75, 3.05) is 0 Å². The van der Waals surface area contributed by atoms with Gasteiger partial charge in [-0.05, 0) is 65.8 Å². The molecule has 0 saturated carbocycles. The van der Waals surface area contributed by atoms with Gasteiger partial charge in [0, 0.05) is 11.3 Å². The van der Waals surface area contributed by atoms with Crippen molar-refractivity contribution in [2.24, 2.45) is 0 Å². The van der Waals surface area contributed by atoms with Crippen LogP contribution < -0.4 is 0 Å². The highest BCUT2D eigenvalue weighted by atomic mass is 16.3. The van der Waals surface area contributed by atoms with Crippen LogP contribution in [-0.4, -0.2) is 10.2 Å². The Morgan fingerprint density at radius 2 is 1.00 bits per heavy atom. The van der Waals surface area contributed by atoms with Gasteiger partial charge < -0.3 is 10.2 Å². The molecule has 0 aliphatic carbocycles. The minimum Gasteiger partial charge on any atom is -0.508 e. The van der Waals surface area contributed by atoms with Gasteiger partial charge in [0.05, 0.1) is 0 Å². The van der Waals surface area contributed by atoms with Crippen LogP contribution >= 0.6 is 0 Å². The zero-order valence-electron chi connectivity index (χ0n) is 20.6. The Labute approximate surface area is 209 Å². The number of hydrogen-bond donors (Lipinski definition) is 2. The lowest BCUT2D eigenvalue weighted by atomic mass is 9.67. The minimum absolute atomic E-state index is 0.0208. The van der Waals surface area contributed by atoms with E-state index in [-0.39, 0.29) is 22.8 Å². The number of hydrogen-bond acceptors (Lipinski definition) is 2. The fourth-order valence-electron chi connectivity index (χ4n) is 5.41. The summed E-state index contributed by atoms with van der Waals surface area (Å²) >= 11 is 0. The van der Waals surface area contributed by atoms with Crippen molar-refractivity contribution < 1.29 is 10.2 Å². The summed E-state index contributed by atoms with van der Waals surface area (Å²) < 4.78 is 0. The van der Waals surface area contributed by atoms with Gasteiger partial charge >= 0.3 is 0 Å². The van der Waals surface area contributed by atoms with E-state index in [1.165, 1.54) is 35.1 Å². The molecule has 0 bridgehead atoms. The molecule has 4 aromatic rings. The van der Waals surface area contributed by atoms with Crippen molar-refractivity contribution in [3.05, 3.63) is 131 Å². The van der Waals surface area contributed by atoms with E-state index in [2.05, 4.69) is 67.6 Å². The highest BCUT2D eigenvalue weighted by Crippen LogP contribution is 2.43. The van der Waals surface area contributed by atoms with Crippen molar-refractivity contribution in [1.29, 1.82) is 0 Å². The van der Waals surface area contributed by atoms with Crippen LogP contribution in [0.1, 0.15) is 73.6 Å². The van der Waals surface area contributed by atoms with Gasteiger partial charge in [-0.2, -0.15) is 0 Å². The summed E-state index contributed by atoms with van der Waals surface area (Å²) in [7, 11) is 0. The zero-order valence-corrected chi connectivity index (χ0v) is 20.6. The highest BCUT2D eigenvalue weighted by Gasteiger charge is 2.33. The first kappa shape index (κ1) is 24.6. The molecule has 2 N–H and O–H groups in total. The summed E-state index contributed by atoms with van der Waals surface area (Å²) in [6.07, 6.45) is 6.59. The Bertz CT molecular complexity index is 1060. The summed E-state index contributed by atoms with van der Waals surface area (Å²) in [5.41, 5.74) is 5.14. The monoisotopic (exact) mass is 464 g/mol. The van der Waals surface area contributed by atoms with Gasteiger partial charge in [-0.15, -0.1) is 0 Å². The van der Waals surface area contributed by atoms with Crippen LogP contribution in [0.4, 0.5) is 0 Å². The summed E-state index contributed by atoms with van der Waals surface area (Å²) in [6.45, 7) is 2.27. The van der Waals surface area contributed by atoms with Gasteiger partial charge in [-0.3, -0.25) is 0 Å². The van der Waals surface area contributed by atoms with E-state index >= 15 is 0 Å². The Kier molecular flexibility index (Phi) is 8.26. The van der Waals surface area contributed by atoms with E-state index in [0.717, 1.165) is 25.7 Å². The minimum atomic E-state index is -0.0208. The van der Waals surface area contributed by atoms with Crippen molar-refractivity contribution in [3.63, 3.8) is 0 Å². The SMILES string of the molecule is CCCCC(CCCC(c1ccc(O)cc1)c1ccc(O)cc1)(c1ccccc1)c1ccccc1. The normalized spacial score (nSPS) is 11.6. The standard InChI is InChI=1S/C33H36O2/c1-2-3-24-33(28-11-6-4-7-12-28,29-13-8-5-9-14-29)25-10-15-32(26-16-20-30(34)21-17-26)27-18-22-31(35)23-19-27/h4-9,11-14,16-23,32,34-35H,2-3,10,15,24-25H2,1H3. The lowest BCUT2D eigenvalue weighted by Gasteiger charge is -2.36. The molecule has 0 fully saturated rings. The Hall–Kier alpha value is -3.52. The second-order valence-corrected chi connectivity index (χ2v) is 9.55. The van der Waals surface area contributed by atoms with E-state index in [1.54, 1.807) is 24.3 Å². The predicted molar refractivity (Wildman–Crippen MR) is 145 cm³/mol. The van der Waals surface area contributed by atoms with Gasteiger partial charge in [-0.1, -0.05) is 111 Å². The fraction of sp³-hybridized carbons (Fsp3) is 0.273. The molecule has 0 heterocycles. The Balaban J connectivity index is 1.66. The smallest absolute Gasteiger partial charge is 0.115 e. The van der Waals surface area contributed by atoms with Crippen LogP contribution in [0.5, 0.6) is 11.5 Å². The molecule has 0 saturated heterocycles. The van der Waals surface area contributed by atoms with Crippen LogP contribution in [-0.2, 0) is 5.41 Å². The maximum Gasteiger partial charge on any atom is 0.115 e. The molecule has 2 heteroatoms. The van der Waals surface area contributed by atoms with Crippen LogP contribution in [0.15, 0.2) is 109 Å². The molecular formula is C33H36O2. The predicted octanol–water partition coefficient (Wildman–Crippen LogP) is 8.58. The Morgan fingerprint density at radius 3 is 1.43 bits per heavy atom. The largest absolute Gasteiger partial charge is 0.508 e. The number of unbranched alkanes of at least 4 members (excludes halogenated alkanes) is 1. The van der Waals surface area contributed by atoms with Crippen molar-refractivity contribution in [1.82, 2.24) is 0 Å². The molecular weight excluding hydrogens is 428 g/mol. The van der Waals surface area contributed by atoms with Crippen LogP contribution in [0.25, 0.3) is 0 Å². The molecule has 0 aromatic heterocycles. The van der Waals surface area contributed by atoms with Crippen LogP contribution in [0, 0.1) is 0 Å². The lowest BCUT2D eigenvalue weighted by molar-refractivity contribution is 0.397. The first-order valence-corrected chi connectivity index (χ1v) is 12.8. The molecule has 2 nitrogen and oxygen atoms in total. The van der Waals surface area contributed by atoms with Crippen molar-refractivity contribution >= 4 is 0 Å². The van der Waals surface area contributed by atoms with Crippen LogP contribution in [0.2, 0.25) is 0 Å². The average molecular weight is 465 g/mol. The number of phenolic OH excluding ortho intramolecular Hbond substituents is 2. The molecule has 0 unspecified atom stereocenters. The van der Waals surface area contributed by atoms with Gasteiger partial charge in [0.25, 0.3) is 0 Å². The second kappa shape index (κ2) is 11.8. The van der Waals surface area contributed by atoms with E-state index < -0.39 is 0 Å². The number of benzene rings is 4. The summed E-state index contributed by atoms with van der Waals surface area (Å²) in [5.74, 6) is 0.765. The summed E-state index contributed by atoms with van der Waals surface area (Å²) in [4.78, 5) is 0. The third-order valence-electron chi connectivity index (χ3n) is 7.30. The van der Waals surface area contributed by atoms with Gasteiger partial charge in [-0.25, -0.2) is 0 Å². The molecule has 4 rings (SSSR count). The average Bonchev–Trinajstić information content (AvgIpc) is 2.91. The van der Waals surface area contributed by atoms with E-state index in [9.17, 15) is 10.2 Å². The van der Waals surface area contributed by atoms with Gasteiger partial charge in [0.15, 0.2) is 0 Å². The fourth-order valence-corrected chi connectivity index (χ4v) is 5.41. The zero-order chi connectivity index (χ0) is 24.5. The van der Waals surface area contributed by atoms with Crippen molar-refractivity contribution in [2.45, 2.75) is 56.8 Å². The molecule has 4 aromatic carbocycles. The number of rotatable bonds is 11. The first-order chi connectivity index (χ1) is 17.1. The molecule has 0 amide bonds. The topological polar surface area (TPSA) is 40.5 Å². The van der Waals surface area contributed by atoms with E-state index in [1.807, 2.05) is 24.3 Å². The maximum atomic E-state index is 9.83. The number of aromatic hydroxyl groups is 2. The van der Waals surface area contributed by atoms with E-state index in [0.29, 0.717) is 0 Å². The number of phenols is 2. The molecule has 35 heavy (non-hydrogen) atoms. The molecule has 0 spiro atoms. The molecule has 0 aliphatic rings. The van der Waals surface area contributed by atoms with Crippen LogP contribution in [0.3, 0.4) is 0 Å². The Morgan fingerprint density at radius 1 is 0.571 bits per heavy atom. The van der Waals surface area contributed by atoms with E-state index in [4.69, 9.17) is 0 Å². The lowest BCUT2D eigenvalue weighted by Crippen LogP contribution is -2.28. The molecule has 0 aliphatic heterocycles.